The van der Waals surface area contributed by atoms with Crippen LogP contribution in [0.15, 0.2) is 24.3 Å². The molecule has 11 heteroatoms. The van der Waals surface area contributed by atoms with Gasteiger partial charge in [0.1, 0.15) is 22.9 Å². The molecule has 0 spiro atoms. The molecule has 1 aliphatic heterocycles. The third kappa shape index (κ3) is 3.88. The molecule has 162 valence electrons. The minimum atomic E-state index is -4.67. The van der Waals surface area contributed by atoms with Crippen molar-refractivity contribution in [1.82, 2.24) is 0 Å². The Kier molecular flexibility index (Phi) is 5.35. The SMILES string of the molecule is CC1(C)OB(c2cc(F)c(C(F)(F)Oc3cc(F)c(F)c(F)c3)c(F)c2)OC1(C)C. The summed E-state index contributed by atoms with van der Waals surface area (Å²) in [7, 11) is -1.22. The van der Waals surface area contributed by atoms with Gasteiger partial charge in [0.05, 0.1) is 11.2 Å². The Hall–Kier alpha value is -2.27. The number of halogens is 7. The van der Waals surface area contributed by atoms with Crippen molar-refractivity contribution in [2.24, 2.45) is 0 Å². The van der Waals surface area contributed by atoms with Crippen LogP contribution in [0.1, 0.15) is 33.3 Å². The summed E-state index contributed by atoms with van der Waals surface area (Å²) in [5.41, 5.74) is -3.67. The quantitative estimate of drug-likeness (QED) is 0.391. The van der Waals surface area contributed by atoms with E-state index in [1.54, 1.807) is 27.7 Å². The van der Waals surface area contributed by atoms with Crippen LogP contribution in [0.3, 0.4) is 0 Å². The molecule has 0 saturated carbocycles. The highest BCUT2D eigenvalue weighted by Gasteiger charge is 2.52. The lowest BCUT2D eigenvalue weighted by molar-refractivity contribution is -0.189. The van der Waals surface area contributed by atoms with E-state index in [1.807, 2.05) is 0 Å². The number of hydrogen-bond donors (Lipinski definition) is 0. The Labute approximate surface area is 167 Å². The van der Waals surface area contributed by atoms with Gasteiger partial charge in [-0.1, -0.05) is 0 Å². The molecule has 2 aromatic rings. The van der Waals surface area contributed by atoms with Gasteiger partial charge in [-0.3, -0.25) is 0 Å². The van der Waals surface area contributed by atoms with E-state index in [9.17, 15) is 30.7 Å². The minimum Gasteiger partial charge on any atom is -0.429 e. The first-order chi connectivity index (χ1) is 13.6. The van der Waals surface area contributed by atoms with Gasteiger partial charge in [0.2, 0.25) is 0 Å². The summed E-state index contributed by atoms with van der Waals surface area (Å²) in [5, 5.41) is 0. The van der Waals surface area contributed by atoms with E-state index in [1.165, 1.54) is 0 Å². The lowest BCUT2D eigenvalue weighted by Crippen LogP contribution is -2.41. The number of benzene rings is 2. The van der Waals surface area contributed by atoms with E-state index >= 15 is 0 Å². The van der Waals surface area contributed by atoms with Crippen LogP contribution in [0.2, 0.25) is 0 Å². The van der Waals surface area contributed by atoms with E-state index < -0.39 is 64.8 Å². The fourth-order valence-corrected chi connectivity index (χ4v) is 2.78. The Morgan fingerprint density at radius 3 is 1.63 bits per heavy atom. The lowest BCUT2D eigenvalue weighted by atomic mass is 9.78. The maximum Gasteiger partial charge on any atom is 0.495 e. The van der Waals surface area contributed by atoms with Crippen LogP contribution in [-0.4, -0.2) is 18.3 Å². The zero-order valence-corrected chi connectivity index (χ0v) is 16.3. The van der Waals surface area contributed by atoms with Crippen molar-refractivity contribution in [1.29, 1.82) is 0 Å². The third-order valence-electron chi connectivity index (χ3n) is 5.08. The van der Waals surface area contributed by atoms with Gasteiger partial charge in [-0.25, -0.2) is 22.0 Å². The first kappa shape index (κ1) is 22.4. The molecule has 1 aliphatic rings. The molecule has 0 aromatic heterocycles. The van der Waals surface area contributed by atoms with Gasteiger partial charge in [-0.15, -0.1) is 0 Å². The van der Waals surface area contributed by atoms with E-state index in [0.29, 0.717) is 12.1 Å². The second kappa shape index (κ2) is 7.16. The van der Waals surface area contributed by atoms with Gasteiger partial charge in [0, 0.05) is 12.1 Å². The molecule has 1 saturated heterocycles. The molecule has 0 atom stereocenters. The molecule has 1 heterocycles. The highest BCUT2D eigenvalue weighted by Crippen LogP contribution is 2.38. The molecule has 0 bridgehead atoms. The second-order valence-electron chi connectivity index (χ2n) is 7.77. The van der Waals surface area contributed by atoms with Crippen LogP contribution in [0.4, 0.5) is 30.7 Å². The fourth-order valence-electron chi connectivity index (χ4n) is 2.78. The number of rotatable bonds is 4. The number of hydrogen-bond acceptors (Lipinski definition) is 3. The molecular formula is C19H16BF7O3. The standard InChI is InChI=1S/C19H16BF7O3/c1-17(2)18(3,4)30-20(29-17)9-5-11(21)15(12(22)6-9)19(26,27)28-10-7-13(23)16(25)14(24)8-10/h5-8H,1-4H3. The van der Waals surface area contributed by atoms with Crippen LogP contribution < -0.4 is 10.2 Å². The van der Waals surface area contributed by atoms with Crippen LogP contribution >= 0.6 is 0 Å². The van der Waals surface area contributed by atoms with Crippen molar-refractivity contribution >= 4 is 12.6 Å². The van der Waals surface area contributed by atoms with Gasteiger partial charge in [0.15, 0.2) is 17.5 Å². The van der Waals surface area contributed by atoms with E-state index in [0.717, 1.165) is 0 Å². The summed E-state index contributed by atoms with van der Waals surface area (Å²) in [6.07, 6.45) is -4.67. The molecule has 3 rings (SSSR count). The van der Waals surface area contributed by atoms with Crippen LogP contribution in [0.25, 0.3) is 0 Å². The van der Waals surface area contributed by atoms with Crippen LogP contribution in [0, 0.1) is 29.1 Å². The second-order valence-corrected chi connectivity index (χ2v) is 7.77. The molecule has 2 aromatic carbocycles. The topological polar surface area (TPSA) is 27.7 Å². The van der Waals surface area contributed by atoms with Crippen molar-refractivity contribution in [3.63, 3.8) is 0 Å². The summed E-state index contributed by atoms with van der Waals surface area (Å²) in [4.78, 5) is 0. The highest BCUT2D eigenvalue weighted by molar-refractivity contribution is 6.62. The van der Waals surface area contributed by atoms with Crippen LogP contribution in [-0.2, 0) is 15.4 Å². The lowest BCUT2D eigenvalue weighted by Gasteiger charge is -2.32. The maximum atomic E-state index is 14.5. The molecule has 0 aliphatic carbocycles. The Balaban J connectivity index is 1.93. The first-order valence-corrected chi connectivity index (χ1v) is 8.71. The maximum absolute atomic E-state index is 14.5. The fraction of sp³-hybridized carbons (Fsp3) is 0.368. The van der Waals surface area contributed by atoms with Gasteiger partial charge in [0.25, 0.3) is 0 Å². The summed E-state index contributed by atoms with van der Waals surface area (Å²) in [6.45, 7) is 6.77. The molecule has 30 heavy (non-hydrogen) atoms. The third-order valence-corrected chi connectivity index (χ3v) is 5.08. The number of alkyl halides is 2. The van der Waals surface area contributed by atoms with Crippen molar-refractivity contribution in [3.8, 4) is 5.75 Å². The predicted molar refractivity (Wildman–Crippen MR) is 92.9 cm³/mol. The van der Waals surface area contributed by atoms with E-state index in [4.69, 9.17) is 9.31 Å². The summed E-state index contributed by atoms with van der Waals surface area (Å²) in [5.74, 6) is -10.1. The van der Waals surface area contributed by atoms with Gasteiger partial charge in [-0.05, 0) is 45.3 Å². The predicted octanol–water partition coefficient (Wildman–Crippen LogP) is 4.81. The summed E-state index contributed by atoms with van der Waals surface area (Å²) < 4.78 is 112. The average Bonchev–Trinajstić information content (AvgIpc) is 2.79. The Morgan fingerprint density at radius 1 is 0.767 bits per heavy atom. The smallest absolute Gasteiger partial charge is 0.429 e. The molecule has 0 N–H and O–H groups in total. The first-order valence-electron chi connectivity index (χ1n) is 8.71. The van der Waals surface area contributed by atoms with Crippen molar-refractivity contribution < 1.29 is 44.8 Å². The molecule has 3 nitrogen and oxygen atoms in total. The largest absolute Gasteiger partial charge is 0.495 e. The van der Waals surface area contributed by atoms with E-state index in [2.05, 4.69) is 4.74 Å². The average molecular weight is 436 g/mol. The molecule has 0 amide bonds. The van der Waals surface area contributed by atoms with Gasteiger partial charge in [-0.2, -0.15) is 8.78 Å². The van der Waals surface area contributed by atoms with Gasteiger partial charge >= 0.3 is 13.2 Å². The molecular weight excluding hydrogens is 420 g/mol. The monoisotopic (exact) mass is 436 g/mol. The number of ether oxygens (including phenoxy) is 1. The molecule has 1 fully saturated rings. The summed E-state index contributed by atoms with van der Waals surface area (Å²) in [6, 6.07) is 1.43. The normalized spacial score (nSPS) is 18.0. The summed E-state index contributed by atoms with van der Waals surface area (Å²) >= 11 is 0. The van der Waals surface area contributed by atoms with Crippen molar-refractivity contribution in [3.05, 3.63) is 58.9 Å². The molecule has 0 unspecified atom stereocenters. The van der Waals surface area contributed by atoms with Crippen molar-refractivity contribution in [2.45, 2.75) is 45.0 Å². The molecule has 0 radical (unpaired) electrons. The van der Waals surface area contributed by atoms with Gasteiger partial charge < -0.3 is 14.0 Å². The van der Waals surface area contributed by atoms with E-state index in [-0.39, 0.29) is 17.6 Å². The Bertz CT molecular complexity index is 932. The minimum absolute atomic E-state index is 0.126. The van der Waals surface area contributed by atoms with Crippen LogP contribution in [0.5, 0.6) is 5.75 Å². The van der Waals surface area contributed by atoms with Crippen molar-refractivity contribution in [2.75, 3.05) is 0 Å². The Morgan fingerprint density at radius 2 is 1.20 bits per heavy atom. The zero-order chi connectivity index (χ0) is 22.6. The highest BCUT2D eigenvalue weighted by atomic mass is 19.3. The zero-order valence-electron chi connectivity index (χ0n) is 16.3.